The lowest BCUT2D eigenvalue weighted by Crippen LogP contribution is -2.29. The van der Waals surface area contributed by atoms with Gasteiger partial charge < -0.3 is 5.32 Å². The van der Waals surface area contributed by atoms with Gasteiger partial charge in [0.1, 0.15) is 5.65 Å². The highest BCUT2D eigenvalue weighted by molar-refractivity contribution is 5.75. The van der Waals surface area contributed by atoms with E-state index in [1.807, 2.05) is 51.8 Å². The largest absolute Gasteiger partial charge is 0.324 e. The summed E-state index contributed by atoms with van der Waals surface area (Å²) in [6, 6.07) is 13.5. The van der Waals surface area contributed by atoms with Crippen molar-refractivity contribution in [1.29, 1.82) is 0 Å². The first-order chi connectivity index (χ1) is 16.1. The predicted octanol–water partition coefficient (Wildman–Crippen LogP) is 5.50. The van der Waals surface area contributed by atoms with Gasteiger partial charge in [0.15, 0.2) is 0 Å². The third-order valence-corrected chi connectivity index (χ3v) is 7.11. The highest BCUT2D eigenvalue weighted by Gasteiger charge is 2.27. The molecule has 1 aliphatic rings. The van der Waals surface area contributed by atoms with E-state index in [9.17, 15) is 4.79 Å². The SMILES string of the molecule is CCC(C)C1CCC(n2c(=O)ccc3cnc(Nc4ccc(-n5cccn5)cc4)nc32)CC1. The minimum absolute atomic E-state index is 0.0164. The van der Waals surface area contributed by atoms with E-state index in [4.69, 9.17) is 4.98 Å². The van der Waals surface area contributed by atoms with Crippen LogP contribution >= 0.6 is 0 Å². The van der Waals surface area contributed by atoms with Crippen molar-refractivity contribution in [3.8, 4) is 5.69 Å². The van der Waals surface area contributed by atoms with Crippen LogP contribution in [0.15, 0.2) is 65.8 Å². The summed E-state index contributed by atoms with van der Waals surface area (Å²) in [6.07, 6.45) is 11.1. The zero-order chi connectivity index (χ0) is 22.8. The highest BCUT2D eigenvalue weighted by atomic mass is 16.1. The third-order valence-electron chi connectivity index (χ3n) is 7.11. The maximum Gasteiger partial charge on any atom is 0.252 e. The average molecular weight is 443 g/mol. The van der Waals surface area contributed by atoms with Gasteiger partial charge in [-0.05, 0) is 73.9 Å². The summed E-state index contributed by atoms with van der Waals surface area (Å²) in [4.78, 5) is 22.2. The summed E-state index contributed by atoms with van der Waals surface area (Å²) >= 11 is 0. The fourth-order valence-electron chi connectivity index (χ4n) is 4.96. The number of aromatic nitrogens is 5. The van der Waals surface area contributed by atoms with E-state index in [-0.39, 0.29) is 11.6 Å². The van der Waals surface area contributed by atoms with E-state index < -0.39 is 0 Å². The van der Waals surface area contributed by atoms with E-state index in [1.165, 1.54) is 19.3 Å². The van der Waals surface area contributed by atoms with Crippen LogP contribution in [0.5, 0.6) is 0 Å². The van der Waals surface area contributed by atoms with Crippen LogP contribution in [0.3, 0.4) is 0 Å². The molecular formula is C26H30N6O. The molecular weight excluding hydrogens is 412 g/mol. The lowest BCUT2D eigenvalue weighted by molar-refractivity contribution is 0.212. The van der Waals surface area contributed by atoms with E-state index in [0.717, 1.165) is 41.4 Å². The molecule has 33 heavy (non-hydrogen) atoms. The molecule has 1 aliphatic carbocycles. The van der Waals surface area contributed by atoms with Gasteiger partial charge in [-0.3, -0.25) is 9.36 Å². The Hall–Kier alpha value is -3.48. The molecule has 1 saturated carbocycles. The van der Waals surface area contributed by atoms with Gasteiger partial charge in [0.05, 0.1) is 5.69 Å². The fraction of sp³-hybridized carbons (Fsp3) is 0.385. The van der Waals surface area contributed by atoms with Gasteiger partial charge in [0, 0.05) is 41.8 Å². The number of nitrogens with zero attached hydrogens (tertiary/aromatic N) is 5. The minimum Gasteiger partial charge on any atom is -0.324 e. The monoisotopic (exact) mass is 442 g/mol. The second kappa shape index (κ2) is 9.17. The maximum absolute atomic E-state index is 12.9. The van der Waals surface area contributed by atoms with E-state index in [1.54, 1.807) is 18.5 Å². The first kappa shape index (κ1) is 21.4. The fourth-order valence-corrected chi connectivity index (χ4v) is 4.96. The molecule has 0 saturated heterocycles. The Morgan fingerprint density at radius 3 is 2.58 bits per heavy atom. The molecule has 3 aromatic heterocycles. The van der Waals surface area contributed by atoms with Gasteiger partial charge in [-0.1, -0.05) is 20.3 Å². The standard InChI is InChI=1S/C26H30N6O/c1-3-18(2)19-5-10-23(11-6-19)32-24(33)14-7-20-17-27-26(30-25(20)32)29-21-8-12-22(13-9-21)31-16-4-15-28-31/h4,7-9,12-19,23H,3,5-6,10-11H2,1-2H3,(H,27,29,30). The normalized spacial score (nSPS) is 19.5. The Balaban J connectivity index is 1.40. The van der Waals surface area contributed by atoms with Gasteiger partial charge in [-0.25, -0.2) is 9.67 Å². The number of rotatable bonds is 6. The lowest BCUT2D eigenvalue weighted by Gasteiger charge is -2.33. The van der Waals surface area contributed by atoms with Gasteiger partial charge in [-0.2, -0.15) is 10.1 Å². The van der Waals surface area contributed by atoms with Crippen LogP contribution in [-0.2, 0) is 0 Å². The van der Waals surface area contributed by atoms with Crippen molar-refractivity contribution in [3.63, 3.8) is 0 Å². The van der Waals surface area contributed by atoms with Crippen LogP contribution in [0, 0.1) is 11.8 Å². The Bertz CT molecular complexity index is 1270. The summed E-state index contributed by atoms with van der Waals surface area (Å²) in [5, 5.41) is 8.42. The van der Waals surface area contributed by atoms with Crippen molar-refractivity contribution in [3.05, 3.63) is 71.4 Å². The lowest BCUT2D eigenvalue weighted by atomic mass is 9.78. The molecule has 1 N–H and O–H groups in total. The molecule has 1 atom stereocenters. The molecule has 4 aromatic rings. The molecule has 0 aliphatic heterocycles. The Morgan fingerprint density at radius 1 is 1.09 bits per heavy atom. The van der Waals surface area contributed by atoms with E-state index in [2.05, 4.69) is 29.2 Å². The van der Waals surface area contributed by atoms with Crippen molar-refractivity contribution in [2.24, 2.45) is 11.8 Å². The van der Waals surface area contributed by atoms with Crippen LogP contribution in [-0.4, -0.2) is 24.3 Å². The molecule has 7 nitrogen and oxygen atoms in total. The minimum atomic E-state index is 0.0164. The quantitative estimate of drug-likeness (QED) is 0.427. The summed E-state index contributed by atoms with van der Waals surface area (Å²) < 4.78 is 3.71. The summed E-state index contributed by atoms with van der Waals surface area (Å²) in [5.41, 5.74) is 2.58. The smallest absolute Gasteiger partial charge is 0.252 e. The molecule has 5 rings (SSSR count). The van der Waals surface area contributed by atoms with Crippen molar-refractivity contribution in [2.75, 3.05) is 5.32 Å². The van der Waals surface area contributed by atoms with E-state index >= 15 is 0 Å². The van der Waals surface area contributed by atoms with Crippen molar-refractivity contribution < 1.29 is 0 Å². The number of nitrogens with one attached hydrogen (secondary N) is 1. The van der Waals surface area contributed by atoms with E-state index in [0.29, 0.717) is 11.6 Å². The second-order valence-corrected chi connectivity index (χ2v) is 9.09. The maximum atomic E-state index is 12.9. The Labute approximate surface area is 193 Å². The Morgan fingerprint density at radius 2 is 1.88 bits per heavy atom. The summed E-state index contributed by atoms with van der Waals surface area (Å²) in [6.45, 7) is 4.62. The van der Waals surface area contributed by atoms with Crippen LogP contribution in [0.4, 0.5) is 11.6 Å². The Kier molecular flexibility index (Phi) is 5.94. The summed E-state index contributed by atoms with van der Waals surface area (Å²) in [7, 11) is 0. The first-order valence-corrected chi connectivity index (χ1v) is 11.9. The molecule has 0 spiro atoms. The number of pyridine rings is 1. The van der Waals surface area contributed by atoms with Gasteiger partial charge in [0.25, 0.3) is 5.56 Å². The molecule has 0 bridgehead atoms. The van der Waals surface area contributed by atoms with Gasteiger partial charge >= 0.3 is 0 Å². The predicted molar refractivity (Wildman–Crippen MR) is 131 cm³/mol. The first-order valence-electron chi connectivity index (χ1n) is 11.9. The number of hydrogen-bond donors (Lipinski definition) is 1. The third kappa shape index (κ3) is 4.40. The van der Waals surface area contributed by atoms with Crippen molar-refractivity contribution in [2.45, 2.75) is 52.0 Å². The van der Waals surface area contributed by atoms with Crippen LogP contribution in [0.1, 0.15) is 52.0 Å². The summed E-state index contributed by atoms with van der Waals surface area (Å²) in [5.74, 6) is 1.99. The second-order valence-electron chi connectivity index (χ2n) is 9.09. The molecule has 1 unspecified atom stereocenters. The van der Waals surface area contributed by atoms with Crippen LogP contribution < -0.4 is 10.9 Å². The molecule has 170 valence electrons. The van der Waals surface area contributed by atoms with Crippen LogP contribution in [0.2, 0.25) is 0 Å². The molecule has 1 fully saturated rings. The van der Waals surface area contributed by atoms with Gasteiger partial charge in [-0.15, -0.1) is 0 Å². The topological polar surface area (TPSA) is 77.6 Å². The molecule has 0 amide bonds. The number of fused-ring (bicyclic) bond motifs is 1. The zero-order valence-electron chi connectivity index (χ0n) is 19.2. The average Bonchev–Trinajstić information content (AvgIpc) is 3.39. The number of benzene rings is 1. The number of hydrogen-bond acceptors (Lipinski definition) is 5. The van der Waals surface area contributed by atoms with Gasteiger partial charge in [0.2, 0.25) is 5.95 Å². The molecule has 1 aromatic carbocycles. The molecule has 7 heteroatoms. The highest BCUT2D eigenvalue weighted by Crippen LogP contribution is 2.37. The van der Waals surface area contributed by atoms with Crippen molar-refractivity contribution in [1.82, 2.24) is 24.3 Å². The van der Waals surface area contributed by atoms with Crippen LogP contribution in [0.25, 0.3) is 16.7 Å². The molecule has 0 radical (unpaired) electrons. The number of anilines is 2. The van der Waals surface area contributed by atoms with Crippen molar-refractivity contribution >= 4 is 22.7 Å². The zero-order valence-corrected chi connectivity index (χ0v) is 19.2. The molecule has 3 heterocycles.